The maximum Gasteiger partial charge on any atom is 0.246 e. The first-order valence-electron chi connectivity index (χ1n) is 9.40. The Bertz CT molecular complexity index is 1080. The molecule has 0 radical (unpaired) electrons. The number of nitrogens with zero attached hydrogens (tertiary/aromatic N) is 2. The quantitative estimate of drug-likeness (QED) is 0.715. The summed E-state index contributed by atoms with van der Waals surface area (Å²) in [4.78, 5) is 29.9. The summed E-state index contributed by atoms with van der Waals surface area (Å²) in [6.45, 7) is 1.33. The Balaban J connectivity index is 1.22. The van der Waals surface area contributed by atoms with Crippen molar-refractivity contribution < 1.29 is 14.0 Å². The summed E-state index contributed by atoms with van der Waals surface area (Å²) in [5.74, 6) is 1.79. The van der Waals surface area contributed by atoms with Gasteiger partial charge < -0.3 is 14.6 Å². The van der Waals surface area contributed by atoms with Crippen molar-refractivity contribution in [1.29, 1.82) is 0 Å². The van der Waals surface area contributed by atoms with Gasteiger partial charge in [0, 0.05) is 37.2 Å². The number of pyridine rings is 1. The smallest absolute Gasteiger partial charge is 0.246 e. The molecule has 28 heavy (non-hydrogen) atoms. The number of nitrogens with one attached hydrogen (secondary N) is 1. The van der Waals surface area contributed by atoms with E-state index in [1.165, 1.54) is 0 Å². The molecule has 0 spiro atoms. The molecule has 2 aliphatic rings. The first-order valence-corrected chi connectivity index (χ1v) is 9.40. The number of anilines is 1. The minimum atomic E-state index is -0.0154. The summed E-state index contributed by atoms with van der Waals surface area (Å²) >= 11 is 0. The standard InChI is InChI=1S/C22H19N3O3/c26-20-7-6-16-9-14(11-23-22(16)24-20)5-8-21(27)25-12-17(13-25)19-10-15-3-1-2-4-18(15)28-19/h1-5,8-11,17H,6-7,12-13H2,(H,23,24,26)/b8-5+. The van der Waals surface area contributed by atoms with E-state index in [1.807, 2.05) is 30.3 Å². The number of hydrogen-bond donors (Lipinski definition) is 1. The fraction of sp³-hybridized carbons (Fsp3) is 0.227. The second-order valence-corrected chi connectivity index (χ2v) is 7.28. The van der Waals surface area contributed by atoms with Crippen molar-refractivity contribution in [2.75, 3.05) is 18.4 Å². The van der Waals surface area contributed by atoms with E-state index in [0.717, 1.165) is 27.9 Å². The van der Waals surface area contributed by atoms with Gasteiger partial charge >= 0.3 is 0 Å². The Hall–Kier alpha value is -3.41. The number of likely N-dealkylation sites (tertiary alicyclic amines) is 1. The average molecular weight is 373 g/mol. The monoisotopic (exact) mass is 373 g/mol. The molecule has 2 amide bonds. The molecule has 3 aromatic rings. The van der Waals surface area contributed by atoms with Gasteiger partial charge in [-0.05, 0) is 41.8 Å². The van der Waals surface area contributed by atoms with Crippen LogP contribution in [0.4, 0.5) is 5.82 Å². The second kappa shape index (κ2) is 6.64. The minimum Gasteiger partial charge on any atom is -0.461 e. The predicted molar refractivity (Wildman–Crippen MR) is 106 cm³/mol. The number of hydrogen-bond acceptors (Lipinski definition) is 4. The summed E-state index contributed by atoms with van der Waals surface area (Å²) in [7, 11) is 0. The van der Waals surface area contributed by atoms with Gasteiger partial charge in [0.15, 0.2) is 0 Å². The van der Waals surface area contributed by atoms with Crippen LogP contribution >= 0.6 is 0 Å². The van der Waals surface area contributed by atoms with E-state index in [9.17, 15) is 9.59 Å². The molecule has 4 heterocycles. The number of carbonyl (C=O) groups excluding carboxylic acids is 2. The highest BCUT2D eigenvalue weighted by Gasteiger charge is 2.33. The van der Waals surface area contributed by atoms with Crippen LogP contribution in [0.2, 0.25) is 0 Å². The fourth-order valence-corrected chi connectivity index (χ4v) is 3.68. The second-order valence-electron chi connectivity index (χ2n) is 7.28. The largest absolute Gasteiger partial charge is 0.461 e. The fourth-order valence-electron chi connectivity index (χ4n) is 3.68. The third kappa shape index (κ3) is 3.07. The van der Waals surface area contributed by atoms with Crippen LogP contribution in [0.1, 0.15) is 29.2 Å². The van der Waals surface area contributed by atoms with Crippen molar-refractivity contribution in [2.45, 2.75) is 18.8 Å². The predicted octanol–water partition coefficient (Wildman–Crippen LogP) is 3.35. The Labute approximate surface area is 161 Å². The maximum atomic E-state index is 12.4. The van der Waals surface area contributed by atoms with E-state index in [2.05, 4.69) is 16.4 Å². The maximum absolute atomic E-state index is 12.4. The number of aryl methyl sites for hydroxylation is 1. The molecule has 0 unspecified atom stereocenters. The molecule has 6 nitrogen and oxygen atoms in total. The zero-order valence-electron chi connectivity index (χ0n) is 15.2. The van der Waals surface area contributed by atoms with Gasteiger partial charge in [-0.3, -0.25) is 9.59 Å². The lowest BCUT2D eigenvalue weighted by atomic mass is 9.97. The molecule has 2 aromatic heterocycles. The van der Waals surface area contributed by atoms with Crippen LogP contribution in [0, 0.1) is 0 Å². The topological polar surface area (TPSA) is 75.4 Å². The highest BCUT2D eigenvalue weighted by molar-refractivity contribution is 5.94. The van der Waals surface area contributed by atoms with E-state index in [4.69, 9.17) is 4.42 Å². The third-order valence-electron chi connectivity index (χ3n) is 5.33. The SMILES string of the molecule is O=C1CCc2cc(/C=C/C(=O)N3CC(c4cc5ccccc5o4)C3)cnc2N1. The van der Waals surface area contributed by atoms with Gasteiger partial charge in [0.1, 0.15) is 17.2 Å². The lowest BCUT2D eigenvalue weighted by molar-refractivity contribution is -0.130. The van der Waals surface area contributed by atoms with Crippen molar-refractivity contribution in [3.63, 3.8) is 0 Å². The molecule has 0 atom stereocenters. The first-order chi connectivity index (χ1) is 13.7. The molecule has 5 rings (SSSR count). The number of para-hydroxylation sites is 1. The number of amides is 2. The minimum absolute atomic E-state index is 0.00439. The summed E-state index contributed by atoms with van der Waals surface area (Å²) < 4.78 is 5.90. The normalized spacial score (nSPS) is 16.9. The van der Waals surface area contributed by atoms with Crippen molar-refractivity contribution >= 4 is 34.7 Å². The van der Waals surface area contributed by atoms with E-state index in [0.29, 0.717) is 31.7 Å². The summed E-state index contributed by atoms with van der Waals surface area (Å²) in [6.07, 6.45) is 6.18. The van der Waals surface area contributed by atoms with Crippen LogP contribution in [-0.4, -0.2) is 34.8 Å². The van der Waals surface area contributed by atoms with Crippen LogP contribution in [0.15, 0.2) is 53.1 Å². The van der Waals surface area contributed by atoms with Gasteiger partial charge in [0.2, 0.25) is 11.8 Å². The zero-order valence-corrected chi connectivity index (χ0v) is 15.2. The first kappa shape index (κ1) is 16.7. The van der Waals surface area contributed by atoms with Gasteiger partial charge in [0.25, 0.3) is 0 Å². The molecule has 1 saturated heterocycles. The molecule has 6 heteroatoms. The average Bonchev–Trinajstić information content (AvgIpc) is 3.08. The van der Waals surface area contributed by atoms with Gasteiger partial charge in [-0.1, -0.05) is 18.2 Å². The molecule has 1 aromatic carbocycles. The van der Waals surface area contributed by atoms with Gasteiger partial charge in [0.05, 0.1) is 5.92 Å². The Morgan fingerprint density at radius 1 is 1.21 bits per heavy atom. The highest BCUT2D eigenvalue weighted by atomic mass is 16.3. The van der Waals surface area contributed by atoms with E-state index in [1.54, 1.807) is 23.2 Å². The Morgan fingerprint density at radius 2 is 2.07 bits per heavy atom. The van der Waals surface area contributed by atoms with Crippen LogP contribution in [-0.2, 0) is 16.0 Å². The number of carbonyl (C=O) groups is 2. The summed E-state index contributed by atoms with van der Waals surface area (Å²) in [5, 5.41) is 3.86. The van der Waals surface area contributed by atoms with Gasteiger partial charge in [-0.2, -0.15) is 0 Å². The van der Waals surface area contributed by atoms with Crippen LogP contribution in [0.3, 0.4) is 0 Å². The van der Waals surface area contributed by atoms with Crippen LogP contribution in [0.5, 0.6) is 0 Å². The summed E-state index contributed by atoms with van der Waals surface area (Å²) in [5.41, 5.74) is 2.75. The molecule has 0 bridgehead atoms. The van der Waals surface area contributed by atoms with Gasteiger partial charge in [-0.25, -0.2) is 4.98 Å². The van der Waals surface area contributed by atoms with E-state index in [-0.39, 0.29) is 17.7 Å². The molecule has 0 saturated carbocycles. The van der Waals surface area contributed by atoms with Crippen molar-refractivity contribution in [3.8, 4) is 0 Å². The molecular weight excluding hydrogens is 354 g/mol. The van der Waals surface area contributed by atoms with Crippen molar-refractivity contribution in [3.05, 3.63) is 65.6 Å². The molecule has 1 fully saturated rings. The summed E-state index contributed by atoms with van der Waals surface area (Å²) in [6, 6.07) is 12.0. The van der Waals surface area contributed by atoms with Crippen LogP contribution in [0.25, 0.3) is 17.0 Å². The lowest BCUT2D eigenvalue weighted by Gasteiger charge is -2.37. The van der Waals surface area contributed by atoms with Crippen LogP contribution < -0.4 is 5.32 Å². The molecular formula is C22H19N3O3. The van der Waals surface area contributed by atoms with E-state index < -0.39 is 0 Å². The Kier molecular flexibility index (Phi) is 3.97. The van der Waals surface area contributed by atoms with Gasteiger partial charge in [-0.15, -0.1) is 0 Å². The van der Waals surface area contributed by atoms with Crippen molar-refractivity contribution in [1.82, 2.24) is 9.88 Å². The number of rotatable bonds is 3. The molecule has 1 N–H and O–H groups in total. The third-order valence-corrected chi connectivity index (χ3v) is 5.33. The number of aromatic nitrogens is 1. The van der Waals surface area contributed by atoms with Crippen molar-refractivity contribution in [2.24, 2.45) is 0 Å². The molecule has 140 valence electrons. The molecule has 0 aliphatic carbocycles. The zero-order chi connectivity index (χ0) is 19.1. The highest BCUT2D eigenvalue weighted by Crippen LogP contribution is 2.31. The van der Waals surface area contributed by atoms with E-state index >= 15 is 0 Å². The lowest BCUT2D eigenvalue weighted by Crippen LogP contribution is -2.47. The number of furan rings is 1. The number of benzene rings is 1. The molecule has 2 aliphatic heterocycles. The number of fused-ring (bicyclic) bond motifs is 2. The Morgan fingerprint density at radius 3 is 2.93 bits per heavy atom.